The molecule has 1 aliphatic heterocycles. The third kappa shape index (κ3) is 3.06. The predicted molar refractivity (Wildman–Crippen MR) is 69.9 cm³/mol. The van der Waals surface area contributed by atoms with Crippen LogP contribution in [0, 0.1) is 0 Å². The molecule has 0 bridgehead atoms. The van der Waals surface area contributed by atoms with Gasteiger partial charge >= 0.3 is 0 Å². The molecule has 0 amide bonds. The Morgan fingerprint density at radius 2 is 1.94 bits per heavy atom. The molecule has 1 unspecified atom stereocenters. The second-order valence-electron chi connectivity index (χ2n) is 5.02. The van der Waals surface area contributed by atoms with E-state index in [4.69, 9.17) is 0 Å². The maximum Gasteiger partial charge on any atom is 0.137 e. The van der Waals surface area contributed by atoms with Crippen LogP contribution in [0.25, 0.3) is 0 Å². The minimum Gasteiger partial charge on any atom is -0.317 e. The molecule has 0 spiro atoms. The molecule has 0 saturated carbocycles. The summed E-state index contributed by atoms with van der Waals surface area (Å²) in [6, 6.07) is 8.13. The monoisotopic (exact) mass is 235 g/mol. The van der Waals surface area contributed by atoms with Crippen molar-refractivity contribution in [1.29, 1.82) is 0 Å². The van der Waals surface area contributed by atoms with Gasteiger partial charge in [-0.05, 0) is 49.9 Å². The molecule has 0 radical (unpaired) electrons. The second kappa shape index (κ2) is 5.63. The van der Waals surface area contributed by atoms with Crippen LogP contribution < -0.4 is 5.32 Å². The van der Waals surface area contributed by atoms with Gasteiger partial charge in [0.05, 0.1) is 0 Å². The van der Waals surface area contributed by atoms with Gasteiger partial charge in [-0.2, -0.15) is 0 Å². The largest absolute Gasteiger partial charge is 0.317 e. The Bertz CT molecular complexity index is 336. The van der Waals surface area contributed by atoms with Gasteiger partial charge in [0.25, 0.3) is 0 Å². The fourth-order valence-corrected chi connectivity index (χ4v) is 2.58. The van der Waals surface area contributed by atoms with Crippen LogP contribution in [0.2, 0.25) is 0 Å². The molecule has 1 N–H and O–H groups in total. The van der Waals surface area contributed by atoms with Crippen molar-refractivity contribution >= 4 is 0 Å². The van der Waals surface area contributed by atoms with Gasteiger partial charge < -0.3 is 5.32 Å². The number of nitrogens with one attached hydrogen (secondary N) is 1. The van der Waals surface area contributed by atoms with Gasteiger partial charge in [0.2, 0.25) is 0 Å². The summed E-state index contributed by atoms with van der Waals surface area (Å²) in [5, 5.41) is 3.26. The third-order valence-electron chi connectivity index (χ3n) is 3.63. The zero-order chi connectivity index (χ0) is 12.1. The molecule has 2 rings (SSSR count). The van der Waals surface area contributed by atoms with Crippen molar-refractivity contribution in [1.82, 2.24) is 5.32 Å². The summed E-state index contributed by atoms with van der Waals surface area (Å²) in [5.74, 6) is 0. The minimum absolute atomic E-state index is 0.597. The van der Waals surface area contributed by atoms with E-state index in [0.29, 0.717) is 12.8 Å². The molecule has 1 aromatic rings. The zero-order valence-electron chi connectivity index (χ0n) is 10.6. The lowest BCUT2D eigenvalue weighted by molar-refractivity contribution is 0.145. The summed E-state index contributed by atoms with van der Waals surface area (Å²) in [7, 11) is 0. The van der Waals surface area contributed by atoms with Crippen LogP contribution in [0.5, 0.6) is 0 Å². The topological polar surface area (TPSA) is 12.0 Å². The summed E-state index contributed by atoms with van der Waals surface area (Å²) in [6.45, 7) is 3.90. The number of halogens is 1. The number of hydrogen-bond acceptors (Lipinski definition) is 1. The van der Waals surface area contributed by atoms with Gasteiger partial charge in [0.15, 0.2) is 0 Å². The SMILES string of the molecule is CCCc1ccc(C2(F)CCCNCC2)cc1. The van der Waals surface area contributed by atoms with E-state index < -0.39 is 5.67 Å². The lowest BCUT2D eigenvalue weighted by Gasteiger charge is -2.24. The van der Waals surface area contributed by atoms with Crippen molar-refractivity contribution in [3.63, 3.8) is 0 Å². The molecule has 1 aliphatic rings. The molecule has 0 aliphatic carbocycles. The molecule has 94 valence electrons. The number of rotatable bonds is 3. The maximum absolute atomic E-state index is 14.8. The van der Waals surface area contributed by atoms with Gasteiger partial charge in [0, 0.05) is 0 Å². The zero-order valence-corrected chi connectivity index (χ0v) is 10.6. The van der Waals surface area contributed by atoms with E-state index in [0.717, 1.165) is 37.9 Å². The number of hydrogen-bond donors (Lipinski definition) is 1. The molecule has 2 heteroatoms. The van der Waals surface area contributed by atoms with Crippen molar-refractivity contribution in [3.05, 3.63) is 35.4 Å². The molecular formula is C15H22FN. The standard InChI is InChI=1S/C15H22FN/c1-2-4-13-5-7-14(8-6-13)15(16)9-3-11-17-12-10-15/h5-8,17H,2-4,9-12H2,1H3. The van der Waals surface area contributed by atoms with Crippen molar-refractivity contribution in [2.45, 2.75) is 44.7 Å². The lowest BCUT2D eigenvalue weighted by Crippen LogP contribution is -2.22. The molecule has 1 heterocycles. The van der Waals surface area contributed by atoms with Crippen LogP contribution in [-0.4, -0.2) is 13.1 Å². The summed E-state index contributed by atoms with van der Waals surface area (Å²) in [5.41, 5.74) is 1.06. The average molecular weight is 235 g/mol. The first kappa shape index (κ1) is 12.6. The Morgan fingerprint density at radius 1 is 1.18 bits per heavy atom. The molecule has 17 heavy (non-hydrogen) atoms. The van der Waals surface area contributed by atoms with Crippen LogP contribution >= 0.6 is 0 Å². The lowest BCUT2D eigenvalue weighted by atomic mass is 9.88. The van der Waals surface area contributed by atoms with Crippen molar-refractivity contribution in [3.8, 4) is 0 Å². The Morgan fingerprint density at radius 3 is 2.65 bits per heavy atom. The first-order chi connectivity index (χ1) is 8.24. The Balaban J connectivity index is 2.14. The van der Waals surface area contributed by atoms with E-state index in [1.807, 2.05) is 12.1 Å². The van der Waals surface area contributed by atoms with Gasteiger partial charge in [-0.25, -0.2) is 4.39 Å². The number of aryl methyl sites for hydroxylation is 1. The highest BCUT2D eigenvalue weighted by Gasteiger charge is 2.32. The van der Waals surface area contributed by atoms with Crippen molar-refractivity contribution < 1.29 is 4.39 Å². The van der Waals surface area contributed by atoms with Crippen molar-refractivity contribution in [2.24, 2.45) is 0 Å². The van der Waals surface area contributed by atoms with E-state index in [2.05, 4.69) is 24.4 Å². The Labute approximate surface area is 103 Å². The molecule has 1 saturated heterocycles. The minimum atomic E-state index is -1.12. The quantitative estimate of drug-likeness (QED) is 0.844. The molecule has 0 aromatic heterocycles. The Hall–Kier alpha value is -0.890. The highest BCUT2D eigenvalue weighted by atomic mass is 19.1. The molecule has 1 atom stereocenters. The summed E-state index contributed by atoms with van der Waals surface area (Å²) >= 11 is 0. The Kier molecular flexibility index (Phi) is 4.16. The van der Waals surface area contributed by atoms with Crippen LogP contribution in [0.15, 0.2) is 24.3 Å². The van der Waals surface area contributed by atoms with E-state index >= 15 is 0 Å². The summed E-state index contributed by atoms with van der Waals surface area (Å²) in [6.07, 6.45) is 4.39. The number of benzene rings is 1. The highest BCUT2D eigenvalue weighted by molar-refractivity contribution is 5.27. The summed E-state index contributed by atoms with van der Waals surface area (Å²) < 4.78 is 14.8. The van der Waals surface area contributed by atoms with E-state index in [1.54, 1.807) is 0 Å². The van der Waals surface area contributed by atoms with Crippen molar-refractivity contribution in [2.75, 3.05) is 13.1 Å². The van der Waals surface area contributed by atoms with E-state index in [9.17, 15) is 4.39 Å². The smallest absolute Gasteiger partial charge is 0.137 e. The maximum atomic E-state index is 14.8. The summed E-state index contributed by atoms with van der Waals surface area (Å²) in [4.78, 5) is 0. The van der Waals surface area contributed by atoms with Gasteiger partial charge in [-0.3, -0.25) is 0 Å². The second-order valence-corrected chi connectivity index (χ2v) is 5.02. The average Bonchev–Trinajstić information content (AvgIpc) is 2.56. The third-order valence-corrected chi connectivity index (χ3v) is 3.63. The molecule has 1 aromatic carbocycles. The molecule has 1 fully saturated rings. The predicted octanol–water partition coefficient (Wildman–Crippen LogP) is 3.58. The van der Waals surface area contributed by atoms with Crippen LogP contribution in [-0.2, 0) is 12.1 Å². The van der Waals surface area contributed by atoms with Crippen LogP contribution in [0.4, 0.5) is 4.39 Å². The molecular weight excluding hydrogens is 213 g/mol. The van der Waals surface area contributed by atoms with Crippen LogP contribution in [0.1, 0.15) is 43.7 Å². The normalized spacial score (nSPS) is 25.5. The fourth-order valence-electron chi connectivity index (χ4n) is 2.58. The fraction of sp³-hybridized carbons (Fsp3) is 0.600. The van der Waals surface area contributed by atoms with Crippen LogP contribution in [0.3, 0.4) is 0 Å². The van der Waals surface area contributed by atoms with E-state index in [1.165, 1.54) is 5.56 Å². The number of alkyl halides is 1. The first-order valence-electron chi connectivity index (χ1n) is 6.74. The van der Waals surface area contributed by atoms with Gasteiger partial charge in [0.1, 0.15) is 5.67 Å². The molecule has 1 nitrogen and oxygen atoms in total. The highest BCUT2D eigenvalue weighted by Crippen LogP contribution is 2.35. The van der Waals surface area contributed by atoms with Gasteiger partial charge in [-0.1, -0.05) is 37.6 Å². The first-order valence-corrected chi connectivity index (χ1v) is 6.74. The van der Waals surface area contributed by atoms with E-state index in [-0.39, 0.29) is 0 Å². The van der Waals surface area contributed by atoms with Gasteiger partial charge in [-0.15, -0.1) is 0 Å².